The summed E-state index contributed by atoms with van der Waals surface area (Å²) in [5, 5.41) is 8.36. The van der Waals surface area contributed by atoms with E-state index in [4.69, 9.17) is 5.11 Å². The summed E-state index contributed by atoms with van der Waals surface area (Å²) >= 11 is 0. The lowest BCUT2D eigenvalue weighted by molar-refractivity contribution is -0.160. The molecule has 0 atom stereocenters. The molecule has 0 amide bonds. The van der Waals surface area contributed by atoms with Gasteiger partial charge in [0.1, 0.15) is 0 Å². The van der Waals surface area contributed by atoms with Crippen LogP contribution in [0.15, 0.2) is 30.3 Å². The first-order valence-electron chi connectivity index (χ1n) is 6.02. The quantitative estimate of drug-likeness (QED) is 0.462. The first-order chi connectivity index (χ1) is 9.49. The van der Waals surface area contributed by atoms with E-state index < -0.39 is 24.3 Å². The number of hydrogen-bond donors (Lipinski definition) is 1. The molecule has 0 aliphatic carbocycles. The van der Waals surface area contributed by atoms with Gasteiger partial charge in [-0.2, -0.15) is 0 Å². The Hall–Kier alpha value is -2.50. The van der Waals surface area contributed by atoms with Crippen LogP contribution in [0.2, 0.25) is 0 Å². The van der Waals surface area contributed by atoms with E-state index in [9.17, 15) is 19.2 Å². The van der Waals surface area contributed by atoms with Gasteiger partial charge in [-0.05, 0) is 0 Å². The van der Waals surface area contributed by atoms with E-state index in [1.165, 1.54) is 0 Å². The van der Waals surface area contributed by atoms with Gasteiger partial charge >= 0.3 is 17.9 Å². The van der Waals surface area contributed by atoms with Crippen LogP contribution in [0.1, 0.15) is 36.0 Å². The molecule has 0 spiro atoms. The molecule has 0 unspecified atom stereocenters. The van der Waals surface area contributed by atoms with Gasteiger partial charge in [-0.3, -0.25) is 19.2 Å². The predicted octanol–water partition coefficient (Wildman–Crippen LogP) is 1.58. The third-order valence-corrected chi connectivity index (χ3v) is 2.42. The second-order valence-electron chi connectivity index (χ2n) is 4.03. The number of carbonyl (C=O) groups is 4. The summed E-state index contributed by atoms with van der Waals surface area (Å²) < 4.78 is 4.39. The van der Waals surface area contributed by atoms with Gasteiger partial charge in [0.05, 0.1) is 19.3 Å². The zero-order valence-corrected chi connectivity index (χ0v) is 10.7. The molecule has 0 saturated heterocycles. The lowest BCUT2D eigenvalue weighted by Crippen LogP contribution is -2.14. The Morgan fingerprint density at radius 1 is 0.850 bits per heavy atom. The number of carboxylic acid groups (broad SMARTS) is 1. The van der Waals surface area contributed by atoms with Crippen molar-refractivity contribution in [3.8, 4) is 0 Å². The van der Waals surface area contributed by atoms with E-state index >= 15 is 0 Å². The second-order valence-corrected chi connectivity index (χ2v) is 4.03. The highest BCUT2D eigenvalue weighted by Gasteiger charge is 2.14. The molecule has 6 heteroatoms. The normalized spacial score (nSPS) is 9.80. The molecule has 1 aromatic carbocycles. The third kappa shape index (κ3) is 5.90. The van der Waals surface area contributed by atoms with Gasteiger partial charge in [-0.25, -0.2) is 0 Å². The van der Waals surface area contributed by atoms with Crippen molar-refractivity contribution < 1.29 is 29.0 Å². The van der Waals surface area contributed by atoms with Crippen molar-refractivity contribution in [1.29, 1.82) is 0 Å². The fourth-order valence-electron chi connectivity index (χ4n) is 1.42. The van der Waals surface area contributed by atoms with E-state index in [1.54, 1.807) is 30.3 Å². The van der Waals surface area contributed by atoms with Crippen molar-refractivity contribution >= 4 is 23.7 Å². The van der Waals surface area contributed by atoms with Gasteiger partial charge in [-0.1, -0.05) is 30.3 Å². The standard InChI is InChI=1S/C14H14O6/c15-11(10-4-2-1-3-5-10)6-8-13(18)20-14(19)9-7-12(16)17/h1-5H,6-9H2,(H,16,17). The first-order valence-corrected chi connectivity index (χ1v) is 6.02. The molecule has 20 heavy (non-hydrogen) atoms. The Morgan fingerprint density at radius 2 is 1.40 bits per heavy atom. The minimum absolute atomic E-state index is 0.0605. The summed E-state index contributed by atoms with van der Waals surface area (Å²) in [6.07, 6.45) is -1.04. The van der Waals surface area contributed by atoms with E-state index in [0.29, 0.717) is 5.56 Å². The van der Waals surface area contributed by atoms with Crippen LogP contribution in [0.5, 0.6) is 0 Å². The number of ketones is 1. The molecule has 0 bridgehead atoms. The molecule has 1 aromatic rings. The van der Waals surface area contributed by atoms with Crippen molar-refractivity contribution in [3.63, 3.8) is 0 Å². The minimum Gasteiger partial charge on any atom is -0.481 e. The molecule has 1 rings (SSSR count). The van der Waals surface area contributed by atoms with Crippen LogP contribution in [0.25, 0.3) is 0 Å². The average Bonchev–Trinajstić information content (AvgIpc) is 2.43. The SMILES string of the molecule is O=C(O)CCC(=O)OC(=O)CCC(=O)c1ccccc1. The van der Waals surface area contributed by atoms with Gasteiger partial charge in [-0.15, -0.1) is 0 Å². The zero-order valence-electron chi connectivity index (χ0n) is 10.7. The van der Waals surface area contributed by atoms with Gasteiger partial charge in [0.2, 0.25) is 0 Å². The van der Waals surface area contributed by atoms with Gasteiger partial charge in [0.15, 0.2) is 5.78 Å². The topological polar surface area (TPSA) is 97.7 Å². The van der Waals surface area contributed by atoms with Crippen LogP contribution in [0.3, 0.4) is 0 Å². The average molecular weight is 278 g/mol. The van der Waals surface area contributed by atoms with Crippen LogP contribution in [0, 0.1) is 0 Å². The van der Waals surface area contributed by atoms with Crippen LogP contribution >= 0.6 is 0 Å². The number of aliphatic carboxylic acids is 1. The lowest BCUT2D eigenvalue weighted by Gasteiger charge is -2.02. The third-order valence-electron chi connectivity index (χ3n) is 2.42. The van der Waals surface area contributed by atoms with E-state index in [0.717, 1.165) is 0 Å². The molecular weight excluding hydrogens is 264 g/mol. The molecule has 0 aliphatic rings. The van der Waals surface area contributed by atoms with Crippen LogP contribution in [0.4, 0.5) is 0 Å². The summed E-state index contributed by atoms with van der Waals surface area (Å²) in [7, 11) is 0. The Balaban J connectivity index is 2.31. The molecule has 0 aromatic heterocycles. The number of benzene rings is 1. The minimum atomic E-state index is -1.14. The summed E-state index contributed by atoms with van der Waals surface area (Å²) in [6, 6.07) is 8.45. The number of esters is 2. The Kier molecular flexibility index (Phi) is 6.09. The van der Waals surface area contributed by atoms with E-state index in [1.807, 2.05) is 0 Å². The molecule has 0 aliphatic heterocycles. The number of carbonyl (C=O) groups excluding carboxylic acids is 3. The maximum atomic E-state index is 11.7. The molecular formula is C14H14O6. The molecule has 1 N–H and O–H groups in total. The fourth-order valence-corrected chi connectivity index (χ4v) is 1.42. The summed E-state index contributed by atoms with van der Waals surface area (Å²) in [6.45, 7) is 0. The zero-order chi connectivity index (χ0) is 15.0. The first kappa shape index (κ1) is 15.6. The van der Waals surface area contributed by atoms with Crippen LogP contribution < -0.4 is 0 Å². The largest absolute Gasteiger partial charge is 0.481 e. The number of rotatable bonds is 7. The molecule has 106 valence electrons. The van der Waals surface area contributed by atoms with Gasteiger partial charge in [0, 0.05) is 12.0 Å². The molecule has 6 nitrogen and oxygen atoms in total. The van der Waals surface area contributed by atoms with Crippen molar-refractivity contribution in [2.45, 2.75) is 25.7 Å². The van der Waals surface area contributed by atoms with Crippen LogP contribution in [-0.2, 0) is 19.1 Å². The van der Waals surface area contributed by atoms with Gasteiger partial charge < -0.3 is 9.84 Å². The van der Waals surface area contributed by atoms with Crippen LogP contribution in [-0.4, -0.2) is 28.8 Å². The summed E-state index contributed by atoms with van der Waals surface area (Å²) in [5.74, 6) is -3.09. The van der Waals surface area contributed by atoms with E-state index in [-0.39, 0.29) is 25.0 Å². The smallest absolute Gasteiger partial charge is 0.314 e. The number of carboxylic acids is 1. The number of ether oxygens (including phenoxy) is 1. The number of hydrogen-bond acceptors (Lipinski definition) is 5. The van der Waals surface area contributed by atoms with Gasteiger partial charge in [0.25, 0.3) is 0 Å². The Labute approximate surface area is 115 Å². The molecule has 0 heterocycles. The highest BCUT2D eigenvalue weighted by atomic mass is 16.6. The predicted molar refractivity (Wildman–Crippen MR) is 68.0 cm³/mol. The Morgan fingerprint density at radius 3 is 1.95 bits per heavy atom. The van der Waals surface area contributed by atoms with Crippen molar-refractivity contribution in [1.82, 2.24) is 0 Å². The fraction of sp³-hybridized carbons (Fsp3) is 0.286. The van der Waals surface area contributed by atoms with E-state index in [2.05, 4.69) is 4.74 Å². The maximum Gasteiger partial charge on any atom is 0.314 e. The van der Waals surface area contributed by atoms with Crippen molar-refractivity contribution in [2.24, 2.45) is 0 Å². The monoisotopic (exact) mass is 278 g/mol. The summed E-state index contributed by atoms with van der Waals surface area (Å²) in [4.78, 5) is 44.3. The maximum absolute atomic E-state index is 11.7. The molecule has 0 radical (unpaired) electrons. The Bertz CT molecular complexity index is 506. The van der Waals surface area contributed by atoms with Crippen molar-refractivity contribution in [2.75, 3.05) is 0 Å². The highest BCUT2D eigenvalue weighted by molar-refractivity contribution is 5.98. The second kappa shape index (κ2) is 7.83. The van der Waals surface area contributed by atoms with Crippen molar-refractivity contribution in [3.05, 3.63) is 35.9 Å². The highest BCUT2D eigenvalue weighted by Crippen LogP contribution is 2.06. The summed E-state index contributed by atoms with van der Waals surface area (Å²) in [5.41, 5.74) is 0.484. The molecule has 0 saturated carbocycles. The lowest BCUT2D eigenvalue weighted by atomic mass is 10.1. The number of Topliss-reactive ketones (excluding diaryl/α,β-unsaturated/α-hetero) is 1. The molecule has 0 fully saturated rings.